The number of hydrogen-bond donors (Lipinski definition) is 2. The lowest BCUT2D eigenvalue weighted by atomic mass is 9.99. The van der Waals surface area contributed by atoms with Crippen molar-refractivity contribution in [3.63, 3.8) is 0 Å². The number of amides is 1. The van der Waals surface area contributed by atoms with Crippen molar-refractivity contribution in [3.8, 4) is 0 Å². The summed E-state index contributed by atoms with van der Waals surface area (Å²) in [6.07, 6.45) is 3.24. The first-order valence-electron chi connectivity index (χ1n) is 6.36. The van der Waals surface area contributed by atoms with E-state index < -0.39 is 11.5 Å². The minimum atomic E-state index is -0.825. The summed E-state index contributed by atoms with van der Waals surface area (Å²) >= 11 is 0. The number of carboxylic acid groups (broad SMARTS) is 1. The van der Waals surface area contributed by atoms with E-state index in [4.69, 9.17) is 5.11 Å². The van der Waals surface area contributed by atoms with Crippen molar-refractivity contribution in [1.29, 1.82) is 0 Å². The van der Waals surface area contributed by atoms with Crippen molar-refractivity contribution < 1.29 is 14.7 Å². The normalized spacial score (nSPS) is 11.1. The summed E-state index contributed by atoms with van der Waals surface area (Å²) in [5.74, 6) is -0.907. The molecule has 0 fully saturated rings. The van der Waals surface area contributed by atoms with Crippen LogP contribution in [-0.2, 0) is 15.1 Å². The molecule has 5 heteroatoms. The second-order valence-corrected chi connectivity index (χ2v) is 4.99. The Morgan fingerprint density at radius 3 is 2.53 bits per heavy atom. The summed E-state index contributed by atoms with van der Waals surface area (Å²) in [5.41, 5.74) is 0.277. The lowest BCUT2D eigenvalue weighted by Gasteiger charge is -2.25. The minimum absolute atomic E-state index is 0.0824. The highest BCUT2D eigenvalue weighted by Crippen LogP contribution is 2.17. The molecule has 1 heterocycles. The zero-order chi connectivity index (χ0) is 14.3. The van der Waals surface area contributed by atoms with E-state index in [1.54, 1.807) is 6.20 Å². The SMILES string of the molecule is CC(C)(NC(=O)CCCCC(=O)O)c1ccccn1. The first-order chi connectivity index (χ1) is 8.92. The zero-order valence-corrected chi connectivity index (χ0v) is 11.3. The highest BCUT2D eigenvalue weighted by Gasteiger charge is 2.23. The topological polar surface area (TPSA) is 79.3 Å². The van der Waals surface area contributed by atoms with Gasteiger partial charge in [0.15, 0.2) is 0 Å². The summed E-state index contributed by atoms with van der Waals surface area (Å²) in [6.45, 7) is 3.79. The Bertz CT molecular complexity index is 430. The second kappa shape index (κ2) is 6.87. The van der Waals surface area contributed by atoms with Gasteiger partial charge in [0.05, 0.1) is 11.2 Å². The Morgan fingerprint density at radius 1 is 1.26 bits per heavy atom. The highest BCUT2D eigenvalue weighted by molar-refractivity contribution is 5.76. The summed E-state index contributed by atoms with van der Waals surface area (Å²) < 4.78 is 0. The number of aromatic nitrogens is 1. The maximum atomic E-state index is 11.8. The van der Waals surface area contributed by atoms with Crippen LogP contribution in [-0.4, -0.2) is 22.0 Å². The van der Waals surface area contributed by atoms with Crippen LogP contribution in [0.5, 0.6) is 0 Å². The smallest absolute Gasteiger partial charge is 0.303 e. The van der Waals surface area contributed by atoms with Gasteiger partial charge in [0.1, 0.15) is 0 Å². The van der Waals surface area contributed by atoms with Crippen LogP contribution in [0.1, 0.15) is 45.2 Å². The van der Waals surface area contributed by atoms with Crippen molar-refractivity contribution >= 4 is 11.9 Å². The number of carbonyl (C=O) groups is 2. The van der Waals surface area contributed by atoms with E-state index in [1.807, 2.05) is 32.0 Å². The van der Waals surface area contributed by atoms with Crippen molar-refractivity contribution in [2.45, 2.75) is 45.1 Å². The average Bonchev–Trinajstić information content (AvgIpc) is 2.35. The number of unbranched alkanes of at least 4 members (excludes halogenated alkanes) is 1. The predicted molar refractivity (Wildman–Crippen MR) is 71.5 cm³/mol. The lowest BCUT2D eigenvalue weighted by Crippen LogP contribution is -2.41. The molecule has 0 aliphatic rings. The van der Waals surface area contributed by atoms with Gasteiger partial charge < -0.3 is 10.4 Å². The Labute approximate surface area is 113 Å². The highest BCUT2D eigenvalue weighted by atomic mass is 16.4. The maximum absolute atomic E-state index is 11.8. The zero-order valence-electron chi connectivity index (χ0n) is 11.3. The molecule has 1 aromatic heterocycles. The monoisotopic (exact) mass is 264 g/mol. The van der Waals surface area contributed by atoms with Crippen LogP contribution in [0.2, 0.25) is 0 Å². The quantitative estimate of drug-likeness (QED) is 0.739. The van der Waals surface area contributed by atoms with Crippen molar-refractivity contribution in [1.82, 2.24) is 10.3 Å². The largest absolute Gasteiger partial charge is 0.481 e. The number of nitrogens with zero attached hydrogens (tertiary/aromatic N) is 1. The van der Waals surface area contributed by atoms with Gasteiger partial charge in [-0.3, -0.25) is 14.6 Å². The molecule has 0 radical (unpaired) electrons. The van der Waals surface area contributed by atoms with E-state index in [9.17, 15) is 9.59 Å². The average molecular weight is 264 g/mol. The number of hydrogen-bond acceptors (Lipinski definition) is 3. The number of aliphatic carboxylic acids is 1. The number of pyridine rings is 1. The van der Waals surface area contributed by atoms with Crippen LogP contribution >= 0.6 is 0 Å². The second-order valence-electron chi connectivity index (χ2n) is 4.99. The number of carboxylic acids is 1. The molecule has 0 aliphatic heterocycles. The third-order valence-electron chi connectivity index (χ3n) is 2.80. The molecule has 0 spiro atoms. The molecular weight excluding hydrogens is 244 g/mol. The number of nitrogens with one attached hydrogen (secondary N) is 1. The molecule has 0 unspecified atom stereocenters. The standard InChI is InChI=1S/C14H20N2O3/c1-14(2,11-7-5-6-10-15-11)16-12(17)8-3-4-9-13(18)19/h5-7,10H,3-4,8-9H2,1-2H3,(H,16,17)(H,18,19). The first-order valence-corrected chi connectivity index (χ1v) is 6.36. The van der Waals surface area contributed by atoms with Crippen molar-refractivity contribution in [2.24, 2.45) is 0 Å². The first kappa shape index (κ1) is 15.1. The fourth-order valence-electron chi connectivity index (χ4n) is 1.77. The number of rotatable bonds is 7. The van der Waals surface area contributed by atoms with Crippen LogP contribution in [0.25, 0.3) is 0 Å². The van der Waals surface area contributed by atoms with Gasteiger partial charge >= 0.3 is 5.97 Å². The van der Waals surface area contributed by atoms with Gasteiger partial charge in [-0.2, -0.15) is 0 Å². The van der Waals surface area contributed by atoms with E-state index in [0.717, 1.165) is 5.69 Å². The van der Waals surface area contributed by atoms with Gasteiger partial charge in [-0.1, -0.05) is 6.07 Å². The van der Waals surface area contributed by atoms with E-state index in [0.29, 0.717) is 19.3 Å². The molecular formula is C14H20N2O3. The molecule has 0 saturated heterocycles. The summed E-state index contributed by atoms with van der Waals surface area (Å²) in [6, 6.07) is 5.57. The van der Waals surface area contributed by atoms with Gasteiger partial charge in [-0.25, -0.2) is 0 Å². The van der Waals surface area contributed by atoms with Crippen molar-refractivity contribution in [2.75, 3.05) is 0 Å². The van der Waals surface area contributed by atoms with Crippen LogP contribution in [0.3, 0.4) is 0 Å². The van der Waals surface area contributed by atoms with Gasteiger partial charge in [-0.15, -0.1) is 0 Å². The number of carbonyl (C=O) groups excluding carboxylic acids is 1. The fourth-order valence-corrected chi connectivity index (χ4v) is 1.77. The van der Waals surface area contributed by atoms with E-state index in [2.05, 4.69) is 10.3 Å². The Hall–Kier alpha value is -1.91. The molecule has 0 saturated carbocycles. The Kier molecular flexibility index (Phi) is 5.48. The van der Waals surface area contributed by atoms with Crippen LogP contribution < -0.4 is 5.32 Å². The lowest BCUT2D eigenvalue weighted by molar-refractivity contribution is -0.137. The van der Waals surface area contributed by atoms with Crippen LogP contribution in [0.15, 0.2) is 24.4 Å². The van der Waals surface area contributed by atoms with E-state index >= 15 is 0 Å². The molecule has 0 aliphatic carbocycles. The summed E-state index contributed by atoms with van der Waals surface area (Å²) in [7, 11) is 0. The van der Waals surface area contributed by atoms with Gasteiger partial charge in [0.2, 0.25) is 5.91 Å². The molecule has 2 N–H and O–H groups in total. The summed E-state index contributed by atoms with van der Waals surface area (Å²) in [4.78, 5) is 26.4. The van der Waals surface area contributed by atoms with E-state index in [-0.39, 0.29) is 12.3 Å². The minimum Gasteiger partial charge on any atom is -0.481 e. The molecule has 0 bridgehead atoms. The Balaban J connectivity index is 2.41. The van der Waals surface area contributed by atoms with Crippen LogP contribution in [0.4, 0.5) is 0 Å². The molecule has 0 aromatic carbocycles. The third kappa shape index (κ3) is 5.50. The fraction of sp³-hybridized carbons (Fsp3) is 0.500. The molecule has 1 aromatic rings. The van der Waals surface area contributed by atoms with Crippen molar-refractivity contribution in [3.05, 3.63) is 30.1 Å². The van der Waals surface area contributed by atoms with E-state index in [1.165, 1.54) is 0 Å². The predicted octanol–water partition coefficient (Wildman–Crippen LogP) is 2.08. The van der Waals surface area contributed by atoms with Crippen LogP contribution in [0, 0.1) is 0 Å². The van der Waals surface area contributed by atoms with Gasteiger partial charge in [-0.05, 0) is 38.8 Å². The molecule has 1 amide bonds. The van der Waals surface area contributed by atoms with Gasteiger partial charge in [0.25, 0.3) is 0 Å². The molecule has 1 rings (SSSR count). The molecule has 19 heavy (non-hydrogen) atoms. The molecule has 0 atom stereocenters. The molecule has 5 nitrogen and oxygen atoms in total. The summed E-state index contributed by atoms with van der Waals surface area (Å²) in [5, 5.41) is 11.4. The maximum Gasteiger partial charge on any atom is 0.303 e. The Morgan fingerprint density at radius 2 is 1.95 bits per heavy atom. The van der Waals surface area contributed by atoms with Gasteiger partial charge in [0, 0.05) is 19.0 Å². The third-order valence-corrected chi connectivity index (χ3v) is 2.80. The molecule has 104 valence electrons.